The highest BCUT2D eigenvalue weighted by atomic mass is 35.5. The Hall–Kier alpha value is -1.50. The summed E-state index contributed by atoms with van der Waals surface area (Å²) in [5.74, 6) is 0.567. The molecule has 2 aliphatic heterocycles. The summed E-state index contributed by atoms with van der Waals surface area (Å²) < 4.78 is 0. The van der Waals surface area contributed by atoms with E-state index in [4.69, 9.17) is 0 Å². The Morgan fingerprint density at radius 2 is 2.16 bits per heavy atom. The molecule has 3 rings (SSSR count). The van der Waals surface area contributed by atoms with Crippen LogP contribution in [0.1, 0.15) is 29.6 Å². The van der Waals surface area contributed by atoms with Gasteiger partial charge in [0.15, 0.2) is 0 Å². The number of rotatable bonds is 4. The molecule has 25 heavy (non-hydrogen) atoms. The summed E-state index contributed by atoms with van der Waals surface area (Å²) in [5, 5.41) is 9.19. The Morgan fingerprint density at radius 1 is 1.36 bits per heavy atom. The second-order valence-corrected chi connectivity index (χ2v) is 6.36. The highest BCUT2D eigenvalue weighted by molar-refractivity contribution is 6.00. The summed E-state index contributed by atoms with van der Waals surface area (Å²) in [6, 6.07) is 5.48. The highest BCUT2D eigenvalue weighted by Crippen LogP contribution is 2.28. The van der Waals surface area contributed by atoms with E-state index in [1.165, 1.54) is 6.42 Å². The molecule has 140 valence electrons. The highest BCUT2D eigenvalue weighted by Gasteiger charge is 2.19. The van der Waals surface area contributed by atoms with Crippen LogP contribution in [0.15, 0.2) is 18.2 Å². The van der Waals surface area contributed by atoms with Crippen LogP contribution in [0.3, 0.4) is 0 Å². The molecule has 3 N–H and O–H groups in total. The molecule has 8 heteroatoms. The van der Waals surface area contributed by atoms with Crippen LogP contribution in [0.5, 0.6) is 0 Å². The second kappa shape index (κ2) is 9.85. The van der Waals surface area contributed by atoms with Crippen molar-refractivity contribution in [1.29, 1.82) is 0 Å². The molecule has 0 spiro atoms. The summed E-state index contributed by atoms with van der Waals surface area (Å²) in [6.45, 7) is 3.50. The predicted octanol–water partition coefficient (Wildman–Crippen LogP) is 2.04. The van der Waals surface area contributed by atoms with Crippen LogP contribution in [0.2, 0.25) is 0 Å². The number of anilines is 2. The summed E-state index contributed by atoms with van der Waals surface area (Å²) in [6.07, 6.45) is 2.65. The average Bonchev–Trinajstić information content (AvgIpc) is 3.01. The van der Waals surface area contributed by atoms with Crippen molar-refractivity contribution in [3.63, 3.8) is 0 Å². The Morgan fingerprint density at radius 3 is 2.88 bits per heavy atom. The lowest BCUT2D eigenvalue weighted by Gasteiger charge is -2.18. The van der Waals surface area contributed by atoms with Gasteiger partial charge in [-0.2, -0.15) is 0 Å². The lowest BCUT2D eigenvalue weighted by Crippen LogP contribution is -2.26. The Bertz CT molecular complexity index is 606. The standard InChI is InChI=1S/C17H24N4O2.2ClH/c1-21-9-6-16(22)20-14-10-13(2-3-15(14)21)17(23)19-8-5-12-4-7-18-11-12;;/h2-3,10,12,18H,4-9,11H2,1H3,(H,19,23)(H,20,22);2*1H. The topological polar surface area (TPSA) is 73.5 Å². The molecule has 1 aromatic rings. The van der Waals surface area contributed by atoms with Gasteiger partial charge in [-0.3, -0.25) is 9.59 Å². The van der Waals surface area contributed by atoms with E-state index in [2.05, 4.69) is 16.0 Å². The predicted molar refractivity (Wildman–Crippen MR) is 105 cm³/mol. The number of amides is 2. The average molecular weight is 389 g/mol. The molecule has 0 aromatic heterocycles. The first-order valence-corrected chi connectivity index (χ1v) is 8.27. The molecule has 0 bridgehead atoms. The van der Waals surface area contributed by atoms with Crippen molar-refractivity contribution >= 4 is 48.0 Å². The summed E-state index contributed by atoms with van der Waals surface area (Å²) in [4.78, 5) is 26.1. The van der Waals surface area contributed by atoms with Crippen molar-refractivity contribution in [2.75, 3.05) is 43.4 Å². The SMILES string of the molecule is CN1CCC(=O)Nc2cc(C(=O)NCCC3CCNC3)ccc21.Cl.Cl. The van der Waals surface area contributed by atoms with Gasteiger partial charge in [-0.1, -0.05) is 0 Å². The van der Waals surface area contributed by atoms with Gasteiger partial charge in [-0.15, -0.1) is 24.8 Å². The van der Waals surface area contributed by atoms with Crippen molar-refractivity contribution in [2.24, 2.45) is 5.92 Å². The minimum Gasteiger partial charge on any atom is -0.372 e. The third-order valence-electron chi connectivity index (χ3n) is 4.62. The third kappa shape index (κ3) is 5.49. The first-order chi connectivity index (χ1) is 11.1. The normalized spacial score (nSPS) is 19.0. The largest absolute Gasteiger partial charge is 0.372 e. The van der Waals surface area contributed by atoms with Gasteiger partial charge in [0.2, 0.25) is 5.91 Å². The summed E-state index contributed by atoms with van der Waals surface area (Å²) in [5.41, 5.74) is 2.25. The molecule has 2 heterocycles. The van der Waals surface area contributed by atoms with E-state index in [1.54, 1.807) is 6.07 Å². The lowest BCUT2D eigenvalue weighted by atomic mass is 10.1. The number of hydrogen-bond donors (Lipinski definition) is 3. The number of hydrogen-bond acceptors (Lipinski definition) is 4. The minimum atomic E-state index is -0.0834. The molecule has 6 nitrogen and oxygen atoms in total. The Kier molecular flexibility index (Phi) is 8.48. The van der Waals surface area contributed by atoms with Gasteiger partial charge < -0.3 is 20.9 Å². The minimum absolute atomic E-state index is 0. The van der Waals surface area contributed by atoms with Crippen LogP contribution in [0.4, 0.5) is 11.4 Å². The Labute approximate surface area is 160 Å². The van der Waals surface area contributed by atoms with Crippen LogP contribution in [-0.4, -0.2) is 45.0 Å². The fourth-order valence-electron chi connectivity index (χ4n) is 3.17. The van der Waals surface area contributed by atoms with Crippen molar-refractivity contribution in [3.8, 4) is 0 Å². The van der Waals surface area contributed by atoms with Crippen LogP contribution >= 0.6 is 24.8 Å². The van der Waals surface area contributed by atoms with E-state index in [0.717, 1.165) is 25.2 Å². The first-order valence-electron chi connectivity index (χ1n) is 8.27. The maximum atomic E-state index is 12.3. The van der Waals surface area contributed by atoms with Crippen molar-refractivity contribution in [3.05, 3.63) is 23.8 Å². The second-order valence-electron chi connectivity index (χ2n) is 6.36. The van der Waals surface area contributed by atoms with Crippen LogP contribution in [0, 0.1) is 5.92 Å². The molecule has 0 saturated carbocycles. The number of carbonyl (C=O) groups is 2. The third-order valence-corrected chi connectivity index (χ3v) is 4.62. The van der Waals surface area contributed by atoms with Gasteiger partial charge in [0.05, 0.1) is 11.4 Å². The zero-order chi connectivity index (χ0) is 16.2. The van der Waals surface area contributed by atoms with Gasteiger partial charge in [0.1, 0.15) is 0 Å². The number of carbonyl (C=O) groups excluding carboxylic acids is 2. The Balaban J connectivity index is 0.00000156. The molecule has 1 atom stereocenters. The zero-order valence-corrected chi connectivity index (χ0v) is 16.0. The molecule has 1 unspecified atom stereocenters. The van der Waals surface area contributed by atoms with Gasteiger partial charge in [0.25, 0.3) is 5.91 Å². The van der Waals surface area contributed by atoms with E-state index in [9.17, 15) is 9.59 Å². The van der Waals surface area contributed by atoms with Crippen LogP contribution < -0.4 is 20.9 Å². The molecular weight excluding hydrogens is 363 g/mol. The first kappa shape index (κ1) is 21.5. The number of benzene rings is 1. The number of nitrogens with zero attached hydrogens (tertiary/aromatic N) is 1. The monoisotopic (exact) mass is 388 g/mol. The van der Waals surface area contributed by atoms with Crippen molar-refractivity contribution < 1.29 is 9.59 Å². The number of fused-ring (bicyclic) bond motifs is 1. The molecule has 2 amide bonds. The summed E-state index contributed by atoms with van der Waals surface area (Å²) >= 11 is 0. The summed E-state index contributed by atoms with van der Waals surface area (Å²) in [7, 11) is 1.95. The molecule has 2 aliphatic rings. The number of halogens is 2. The van der Waals surface area contributed by atoms with Crippen LogP contribution in [0.25, 0.3) is 0 Å². The van der Waals surface area contributed by atoms with E-state index in [1.807, 2.05) is 24.1 Å². The fourth-order valence-corrected chi connectivity index (χ4v) is 3.17. The van der Waals surface area contributed by atoms with Gasteiger partial charge in [-0.25, -0.2) is 0 Å². The zero-order valence-electron chi connectivity index (χ0n) is 14.3. The molecular formula is C17H26Cl2N4O2. The molecule has 0 radical (unpaired) electrons. The maximum Gasteiger partial charge on any atom is 0.251 e. The molecule has 1 fully saturated rings. The van der Waals surface area contributed by atoms with Crippen molar-refractivity contribution in [2.45, 2.75) is 19.3 Å². The van der Waals surface area contributed by atoms with Crippen molar-refractivity contribution in [1.82, 2.24) is 10.6 Å². The van der Waals surface area contributed by atoms with Gasteiger partial charge >= 0.3 is 0 Å². The molecule has 1 aromatic carbocycles. The fraction of sp³-hybridized carbons (Fsp3) is 0.529. The van der Waals surface area contributed by atoms with E-state index in [-0.39, 0.29) is 36.6 Å². The van der Waals surface area contributed by atoms with Gasteiger partial charge in [-0.05, 0) is 50.0 Å². The number of nitrogens with one attached hydrogen (secondary N) is 3. The molecule has 0 aliphatic carbocycles. The maximum absolute atomic E-state index is 12.3. The van der Waals surface area contributed by atoms with Crippen LogP contribution in [-0.2, 0) is 4.79 Å². The van der Waals surface area contributed by atoms with Gasteiger partial charge in [0, 0.05) is 32.1 Å². The smallest absolute Gasteiger partial charge is 0.251 e. The lowest BCUT2D eigenvalue weighted by molar-refractivity contribution is -0.115. The van der Waals surface area contributed by atoms with E-state index < -0.39 is 0 Å². The van der Waals surface area contributed by atoms with E-state index >= 15 is 0 Å². The molecule has 1 saturated heterocycles. The van der Waals surface area contributed by atoms with E-state index in [0.29, 0.717) is 36.7 Å². The quantitative estimate of drug-likeness (QED) is 0.737.